The maximum atomic E-state index is 12.4. The molecule has 0 aliphatic carbocycles. The Kier molecular flexibility index (Phi) is 4.14. The van der Waals surface area contributed by atoms with Gasteiger partial charge < -0.3 is 14.3 Å². The Morgan fingerprint density at radius 2 is 2.30 bits per heavy atom. The molecule has 3 heterocycles. The lowest BCUT2D eigenvalue weighted by molar-refractivity contribution is -0.124. The Morgan fingerprint density at radius 3 is 2.96 bits per heavy atom. The van der Waals surface area contributed by atoms with Gasteiger partial charge in [-0.2, -0.15) is 0 Å². The topological polar surface area (TPSA) is 63.0 Å². The monoisotopic (exact) mass is 319 g/mol. The summed E-state index contributed by atoms with van der Waals surface area (Å²) >= 11 is 0. The van der Waals surface area contributed by atoms with Crippen LogP contribution in [0.3, 0.4) is 0 Å². The molecule has 126 valence electrons. The largest absolute Gasteiger partial charge is 0.387 e. The van der Waals surface area contributed by atoms with E-state index >= 15 is 0 Å². The van der Waals surface area contributed by atoms with Crippen LogP contribution in [0.4, 0.5) is 0 Å². The number of nitrogens with zero attached hydrogens (tertiary/aromatic N) is 5. The van der Waals surface area contributed by atoms with Crippen molar-refractivity contribution in [2.24, 2.45) is 12.2 Å². The highest BCUT2D eigenvalue weighted by atomic mass is 16.7. The second-order valence-electron chi connectivity index (χ2n) is 6.91. The Hall–Kier alpha value is -1.89. The molecule has 0 N–H and O–H groups in total. The molecule has 0 saturated carbocycles. The third-order valence-corrected chi connectivity index (χ3v) is 4.86. The zero-order chi connectivity index (χ0) is 16.6. The summed E-state index contributed by atoms with van der Waals surface area (Å²) in [5.41, 5.74) is 0.202. The fourth-order valence-corrected chi connectivity index (χ4v) is 3.10. The number of hydrogen-bond acceptors (Lipinski definition) is 5. The van der Waals surface area contributed by atoms with Crippen LogP contribution in [0, 0.1) is 0 Å². The van der Waals surface area contributed by atoms with Crippen LogP contribution in [0.5, 0.6) is 0 Å². The first-order chi connectivity index (χ1) is 10.9. The van der Waals surface area contributed by atoms with Crippen LogP contribution in [0.15, 0.2) is 17.5 Å². The van der Waals surface area contributed by atoms with Crippen LogP contribution in [0.1, 0.15) is 32.5 Å². The van der Waals surface area contributed by atoms with Crippen LogP contribution < -0.4 is 0 Å². The first-order valence-corrected chi connectivity index (χ1v) is 8.11. The van der Waals surface area contributed by atoms with Crippen molar-refractivity contribution < 1.29 is 9.63 Å². The highest BCUT2D eigenvalue weighted by Crippen LogP contribution is 2.34. The van der Waals surface area contributed by atoms with Gasteiger partial charge in [0.05, 0.1) is 6.54 Å². The summed E-state index contributed by atoms with van der Waals surface area (Å²) < 4.78 is 2.03. The second-order valence-corrected chi connectivity index (χ2v) is 6.91. The van der Waals surface area contributed by atoms with E-state index in [0.717, 1.165) is 31.9 Å². The van der Waals surface area contributed by atoms with E-state index in [1.807, 2.05) is 44.9 Å². The zero-order valence-corrected chi connectivity index (χ0v) is 14.3. The number of oxime groups is 1. The molecule has 1 spiro atoms. The van der Waals surface area contributed by atoms with Crippen LogP contribution in [-0.2, 0) is 23.2 Å². The average molecular weight is 319 g/mol. The molecule has 2 aliphatic heterocycles. The minimum absolute atomic E-state index is 0.0283. The lowest BCUT2D eigenvalue weighted by Crippen LogP contribution is -2.40. The molecule has 2 aliphatic rings. The van der Waals surface area contributed by atoms with Crippen molar-refractivity contribution in [2.75, 3.05) is 20.1 Å². The lowest BCUT2D eigenvalue weighted by Gasteiger charge is -2.23. The van der Waals surface area contributed by atoms with E-state index < -0.39 is 0 Å². The number of carbonyl (C=O) groups is 1. The van der Waals surface area contributed by atoms with E-state index in [0.29, 0.717) is 12.1 Å². The van der Waals surface area contributed by atoms with Crippen LogP contribution in [0.25, 0.3) is 0 Å². The van der Waals surface area contributed by atoms with Gasteiger partial charge in [0.1, 0.15) is 11.5 Å². The van der Waals surface area contributed by atoms with Gasteiger partial charge in [0.25, 0.3) is 5.91 Å². The van der Waals surface area contributed by atoms with Gasteiger partial charge in [-0.3, -0.25) is 9.69 Å². The first-order valence-electron chi connectivity index (χ1n) is 8.11. The number of aromatic nitrogens is 2. The summed E-state index contributed by atoms with van der Waals surface area (Å²) in [6.07, 6.45) is 5.26. The summed E-state index contributed by atoms with van der Waals surface area (Å²) in [5, 5.41) is 4.10. The fraction of sp³-hybridized carbons (Fsp3) is 0.688. The van der Waals surface area contributed by atoms with Crippen molar-refractivity contribution >= 4 is 11.6 Å². The molecule has 1 fully saturated rings. The SMILES string of the molecule is CC(C)N(C)C(=O)C1=NO[C@@]2(CCN(Cc3nccn3C)C2)C1. The predicted molar refractivity (Wildman–Crippen MR) is 86.9 cm³/mol. The molecule has 23 heavy (non-hydrogen) atoms. The van der Waals surface area contributed by atoms with Gasteiger partial charge in [0, 0.05) is 58.5 Å². The van der Waals surface area contributed by atoms with E-state index in [4.69, 9.17) is 4.84 Å². The molecule has 3 rings (SSSR count). The zero-order valence-electron chi connectivity index (χ0n) is 14.3. The van der Waals surface area contributed by atoms with Gasteiger partial charge in [-0.1, -0.05) is 5.16 Å². The summed E-state index contributed by atoms with van der Waals surface area (Å²) in [5.74, 6) is 1.01. The molecule has 1 aromatic heterocycles. The number of imidazole rings is 1. The lowest BCUT2D eigenvalue weighted by atomic mass is 9.96. The minimum Gasteiger partial charge on any atom is -0.387 e. The molecular formula is C16H25N5O2. The first kappa shape index (κ1) is 16.0. The third-order valence-electron chi connectivity index (χ3n) is 4.86. The highest BCUT2D eigenvalue weighted by molar-refractivity contribution is 6.39. The normalized spacial score (nSPS) is 24.3. The van der Waals surface area contributed by atoms with Gasteiger partial charge in [-0.15, -0.1) is 0 Å². The number of carbonyl (C=O) groups excluding carboxylic acids is 1. The van der Waals surface area contributed by atoms with E-state index in [1.54, 1.807) is 4.90 Å². The van der Waals surface area contributed by atoms with E-state index in [9.17, 15) is 4.79 Å². The van der Waals surface area contributed by atoms with Crippen molar-refractivity contribution in [3.8, 4) is 0 Å². The number of hydrogen-bond donors (Lipinski definition) is 0. The van der Waals surface area contributed by atoms with E-state index in [1.165, 1.54) is 0 Å². The fourth-order valence-electron chi connectivity index (χ4n) is 3.10. The van der Waals surface area contributed by atoms with Crippen molar-refractivity contribution in [3.63, 3.8) is 0 Å². The van der Waals surface area contributed by atoms with Crippen molar-refractivity contribution in [3.05, 3.63) is 18.2 Å². The van der Waals surface area contributed by atoms with Crippen molar-refractivity contribution in [2.45, 2.75) is 44.9 Å². The molecule has 1 atom stereocenters. The van der Waals surface area contributed by atoms with Gasteiger partial charge in [0.15, 0.2) is 5.60 Å². The van der Waals surface area contributed by atoms with Gasteiger partial charge in [0.2, 0.25) is 0 Å². The molecule has 7 nitrogen and oxygen atoms in total. The van der Waals surface area contributed by atoms with Crippen molar-refractivity contribution in [1.82, 2.24) is 19.4 Å². The Labute approximate surface area is 136 Å². The van der Waals surface area contributed by atoms with E-state index in [2.05, 4.69) is 15.0 Å². The molecule has 1 aromatic rings. The second kappa shape index (κ2) is 5.96. The predicted octanol–water partition coefficient (Wildman–Crippen LogP) is 1.01. The van der Waals surface area contributed by atoms with Gasteiger partial charge >= 0.3 is 0 Å². The minimum atomic E-state index is -0.339. The summed E-state index contributed by atoms with van der Waals surface area (Å²) in [6, 6.07) is 0.158. The molecule has 7 heteroatoms. The molecule has 0 unspecified atom stereocenters. The number of amides is 1. The number of aryl methyl sites for hydroxylation is 1. The van der Waals surface area contributed by atoms with Gasteiger partial charge in [-0.05, 0) is 13.8 Å². The highest BCUT2D eigenvalue weighted by Gasteiger charge is 2.47. The summed E-state index contributed by atoms with van der Waals surface area (Å²) in [4.78, 5) is 26.5. The van der Waals surface area contributed by atoms with Crippen molar-refractivity contribution in [1.29, 1.82) is 0 Å². The molecule has 1 saturated heterocycles. The summed E-state index contributed by atoms with van der Waals surface area (Å²) in [6.45, 7) is 6.50. The maximum absolute atomic E-state index is 12.4. The Bertz CT molecular complexity index is 624. The standard InChI is InChI=1S/C16H25N5O2/c1-12(2)20(4)15(22)13-9-16(23-18-13)5-7-21(11-16)10-14-17-6-8-19(14)3/h6,8,12H,5,7,9-11H2,1-4H3/t16-/m0/s1. The average Bonchev–Trinajstić information content (AvgIpc) is 3.22. The molecule has 1 amide bonds. The molecular weight excluding hydrogens is 294 g/mol. The summed E-state index contributed by atoms with van der Waals surface area (Å²) in [7, 11) is 3.81. The quantitative estimate of drug-likeness (QED) is 0.831. The van der Waals surface area contributed by atoms with E-state index in [-0.39, 0.29) is 17.6 Å². The van der Waals surface area contributed by atoms with Gasteiger partial charge in [-0.25, -0.2) is 4.98 Å². The number of rotatable bonds is 4. The Balaban J connectivity index is 1.59. The van der Waals surface area contributed by atoms with Crippen LogP contribution >= 0.6 is 0 Å². The molecule has 0 aromatic carbocycles. The van der Waals surface area contributed by atoms with Crippen LogP contribution in [0.2, 0.25) is 0 Å². The third kappa shape index (κ3) is 3.10. The van der Waals surface area contributed by atoms with Crippen LogP contribution in [-0.4, -0.2) is 62.7 Å². The Morgan fingerprint density at radius 1 is 1.52 bits per heavy atom. The molecule has 0 bridgehead atoms. The smallest absolute Gasteiger partial charge is 0.271 e. The maximum Gasteiger partial charge on any atom is 0.271 e. The number of likely N-dealkylation sites (tertiary alicyclic amines) is 1. The molecule has 0 radical (unpaired) electrons.